The molecule has 1 saturated heterocycles. The number of H-pyrrole nitrogens is 2. The maximum absolute atomic E-state index is 13.2. The third-order valence-electron chi connectivity index (χ3n) is 5.76. The Labute approximate surface area is 168 Å². The number of aryl methyl sites for hydroxylation is 2. The third kappa shape index (κ3) is 3.26. The summed E-state index contributed by atoms with van der Waals surface area (Å²) in [5, 5.41) is 1.08. The van der Waals surface area contributed by atoms with Crippen LogP contribution >= 0.6 is 0 Å². The van der Waals surface area contributed by atoms with Crippen molar-refractivity contribution in [3.8, 4) is 11.3 Å². The number of nitrogens with one attached hydrogen (secondary N) is 2. The normalized spacial score (nSPS) is 15.3. The first-order valence-electron chi connectivity index (χ1n) is 9.96. The van der Waals surface area contributed by atoms with Gasteiger partial charge in [0.2, 0.25) is 0 Å². The number of halogens is 1. The minimum absolute atomic E-state index is 0.227. The van der Waals surface area contributed by atoms with Gasteiger partial charge in [-0.1, -0.05) is 0 Å². The predicted octanol–water partition coefficient (Wildman–Crippen LogP) is 4.49. The van der Waals surface area contributed by atoms with Crippen LogP contribution in [0.4, 0.5) is 10.2 Å². The van der Waals surface area contributed by atoms with Crippen molar-refractivity contribution in [3.63, 3.8) is 0 Å². The first-order valence-corrected chi connectivity index (χ1v) is 9.96. The van der Waals surface area contributed by atoms with Crippen LogP contribution in [-0.4, -0.2) is 38.0 Å². The molecule has 0 radical (unpaired) electrons. The molecule has 7 heteroatoms. The Morgan fingerprint density at radius 2 is 1.79 bits per heavy atom. The third-order valence-corrected chi connectivity index (χ3v) is 5.76. The Hall–Kier alpha value is -3.22. The Kier molecular flexibility index (Phi) is 4.30. The minimum Gasteiger partial charge on any atom is -0.356 e. The topological polar surface area (TPSA) is 73.5 Å². The molecule has 1 aliphatic rings. The van der Waals surface area contributed by atoms with Crippen molar-refractivity contribution in [1.82, 2.24) is 24.9 Å². The molecule has 148 valence electrons. The monoisotopic (exact) mass is 390 g/mol. The Bertz CT molecular complexity index is 1150. The molecule has 6 nitrogen and oxygen atoms in total. The van der Waals surface area contributed by atoms with Crippen LogP contribution in [0.2, 0.25) is 0 Å². The van der Waals surface area contributed by atoms with E-state index in [2.05, 4.69) is 30.9 Å². The highest BCUT2D eigenvalue weighted by atomic mass is 19.1. The lowest BCUT2D eigenvalue weighted by molar-refractivity contribution is 0.487. The molecular formula is C22H23FN6. The molecule has 5 rings (SSSR count). The number of aromatic nitrogens is 5. The predicted molar refractivity (Wildman–Crippen MR) is 112 cm³/mol. The van der Waals surface area contributed by atoms with Crippen LogP contribution in [0.5, 0.6) is 0 Å². The molecule has 1 aliphatic heterocycles. The average molecular weight is 390 g/mol. The van der Waals surface area contributed by atoms with E-state index in [9.17, 15) is 4.39 Å². The van der Waals surface area contributed by atoms with Gasteiger partial charge in [-0.05, 0) is 57.0 Å². The van der Waals surface area contributed by atoms with Crippen molar-refractivity contribution in [3.05, 3.63) is 59.7 Å². The second-order valence-corrected chi connectivity index (χ2v) is 7.76. The fraction of sp³-hybridized carbons (Fsp3) is 0.318. The number of anilines is 1. The van der Waals surface area contributed by atoms with E-state index in [1.807, 2.05) is 13.8 Å². The number of rotatable bonds is 3. The van der Waals surface area contributed by atoms with Crippen LogP contribution in [0.1, 0.15) is 36.0 Å². The maximum Gasteiger partial charge on any atom is 0.143 e. The number of benzene rings is 1. The molecule has 4 heterocycles. The summed E-state index contributed by atoms with van der Waals surface area (Å²) in [6.45, 7) is 5.88. The Balaban J connectivity index is 1.34. The second-order valence-electron chi connectivity index (χ2n) is 7.76. The molecule has 2 N–H and O–H groups in total. The fourth-order valence-electron chi connectivity index (χ4n) is 4.25. The van der Waals surface area contributed by atoms with Gasteiger partial charge < -0.3 is 14.9 Å². The number of piperidine rings is 1. The van der Waals surface area contributed by atoms with Gasteiger partial charge in [-0.15, -0.1) is 0 Å². The molecule has 0 aliphatic carbocycles. The van der Waals surface area contributed by atoms with E-state index < -0.39 is 0 Å². The minimum atomic E-state index is -0.227. The van der Waals surface area contributed by atoms with Gasteiger partial charge in [0, 0.05) is 30.3 Å². The van der Waals surface area contributed by atoms with Gasteiger partial charge in [0.05, 0.1) is 16.8 Å². The Morgan fingerprint density at radius 1 is 1.03 bits per heavy atom. The van der Waals surface area contributed by atoms with Crippen LogP contribution < -0.4 is 4.90 Å². The standard InChI is InChI=1S/C22H23FN6/c1-13-11-18-21(26-13)24-12-25-22(18)29-9-7-16(8-10-29)20-27-14(2)19(28-20)15-3-5-17(23)6-4-15/h3-6,11-12,16H,7-10H2,1-2H3,(H,27,28)(H,24,25,26). The number of hydrogen-bond donors (Lipinski definition) is 2. The zero-order valence-corrected chi connectivity index (χ0v) is 16.5. The quantitative estimate of drug-likeness (QED) is 0.541. The van der Waals surface area contributed by atoms with E-state index in [1.165, 1.54) is 12.1 Å². The zero-order chi connectivity index (χ0) is 20.0. The molecule has 0 saturated carbocycles. The highest BCUT2D eigenvalue weighted by Crippen LogP contribution is 2.33. The van der Waals surface area contributed by atoms with Crippen molar-refractivity contribution in [2.45, 2.75) is 32.6 Å². The van der Waals surface area contributed by atoms with E-state index in [-0.39, 0.29) is 5.82 Å². The first-order chi connectivity index (χ1) is 14.1. The van der Waals surface area contributed by atoms with Gasteiger partial charge in [0.25, 0.3) is 0 Å². The highest BCUT2D eigenvalue weighted by molar-refractivity contribution is 5.88. The maximum atomic E-state index is 13.2. The molecule has 0 bridgehead atoms. The first kappa shape index (κ1) is 17.8. The lowest BCUT2D eigenvalue weighted by Crippen LogP contribution is -2.33. The number of aromatic amines is 2. The van der Waals surface area contributed by atoms with E-state index in [0.29, 0.717) is 5.92 Å². The largest absolute Gasteiger partial charge is 0.356 e. The molecule has 29 heavy (non-hydrogen) atoms. The smallest absolute Gasteiger partial charge is 0.143 e. The summed E-state index contributed by atoms with van der Waals surface area (Å²) in [7, 11) is 0. The Morgan fingerprint density at radius 3 is 2.55 bits per heavy atom. The summed E-state index contributed by atoms with van der Waals surface area (Å²) in [5.74, 6) is 2.17. The van der Waals surface area contributed by atoms with Crippen molar-refractivity contribution in [1.29, 1.82) is 0 Å². The van der Waals surface area contributed by atoms with Crippen LogP contribution in [0, 0.1) is 19.7 Å². The van der Waals surface area contributed by atoms with Gasteiger partial charge >= 0.3 is 0 Å². The van der Waals surface area contributed by atoms with Crippen LogP contribution in [0.3, 0.4) is 0 Å². The summed E-state index contributed by atoms with van der Waals surface area (Å²) >= 11 is 0. The van der Waals surface area contributed by atoms with E-state index >= 15 is 0 Å². The van der Waals surface area contributed by atoms with Gasteiger partial charge in [-0.25, -0.2) is 19.3 Å². The summed E-state index contributed by atoms with van der Waals surface area (Å²) in [4.78, 5) is 22.8. The van der Waals surface area contributed by atoms with Gasteiger partial charge in [0.1, 0.15) is 29.4 Å². The number of hydrogen-bond acceptors (Lipinski definition) is 4. The zero-order valence-electron chi connectivity index (χ0n) is 16.5. The van der Waals surface area contributed by atoms with Crippen molar-refractivity contribution >= 4 is 16.9 Å². The van der Waals surface area contributed by atoms with Gasteiger partial charge in [-0.3, -0.25) is 0 Å². The molecule has 3 aromatic heterocycles. The lowest BCUT2D eigenvalue weighted by Gasteiger charge is -2.32. The van der Waals surface area contributed by atoms with Crippen molar-refractivity contribution in [2.75, 3.05) is 18.0 Å². The molecule has 1 aromatic carbocycles. The summed E-state index contributed by atoms with van der Waals surface area (Å²) in [5.41, 5.74) is 4.87. The molecule has 4 aromatic rings. The summed E-state index contributed by atoms with van der Waals surface area (Å²) in [6, 6.07) is 8.67. The van der Waals surface area contributed by atoms with Gasteiger partial charge in [0.15, 0.2) is 0 Å². The lowest BCUT2D eigenvalue weighted by atomic mass is 9.96. The number of nitrogens with zero attached hydrogens (tertiary/aromatic N) is 4. The molecule has 0 spiro atoms. The van der Waals surface area contributed by atoms with E-state index in [0.717, 1.165) is 71.3 Å². The average Bonchev–Trinajstić information content (AvgIpc) is 3.30. The van der Waals surface area contributed by atoms with Crippen molar-refractivity contribution < 1.29 is 4.39 Å². The number of imidazole rings is 1. The molecule has 0 unspecified atom stereocenters. The fourth-order valence-corrected chi connectivity index (χ4v) is 4.25. The van der Waals surface area contributed by atoms with Crippen LogP contribution in [0.25, 0.3) is 22.3 Å². The van der Waals surface area contributed by atoms with Crippen molar-refractivity contribution in [2.24, 2.45) is 0 Å². The number of fused-ring (bicyclic) bond motifs is 1. The molecule has 0 amide bonds. The SMILES string of the molecule is Cc1cc2c(N3CCC(c4nc(C)c(-c5ccc(F)cc5)[nH]4)CC3)ncnc2[nH]1. The van der Waals surface area contributed by atoms with E-state index in [1.54, 1.807) is 18.5 Å². The molecular weight excluding hydrogens is 367 g/mol. The van der Waals surface area contributed by atoms with Crippen LogP contribution in [-0.2, 0) is 0 Å². The van der Waals surface area contributed by atoms with Crippen LogP contribution in [0.15, 0.2) is 36.7 Å². The summed E-state index contributed by atoms with van der Waals surface area (Å²) < 4.78 is 13.2. The molecule has 1 fully saturated rings. The summed E-state index contributed by atoms with van der Waals surface area (Å²) in [6.07, 6.45) is 3.64. The molecule has 0 atom stereocenters. The highest BCUT2D eigenvalue weighted by Gasteiger charge is 2.26. The van der Waals surface area contributed by atoms with E-state index in [4.69, 9.17) is 4.98 Å². The second kappa shape index (κ2) is 6.99. The van der Waals surface area contributed by atoms with Gasteiger partial charge in [-0.2, -0.15) is 0 Å².